The van der Waals surface area contributed by atoms with Crippen LogP contribution in [0.5, 0.6) is 5.75 Å². The van der Waals surface area contributed by atoms with Crippen LogP contribution in [-0.4, -0.2) is 26.0 Å². The van der Waals surface area contributed by atoms with Crippen LogP contribution in [0.4, 0.5) is 10.1 Å². The maximum Gasteiger partial charge on any atom is 0.178 e. The van der Waals surface area contributed by atoms with Crippen LogP contribution >= 0.6 is 0 Å². The molecule has 0 atom stereocenters. The number of Topliss-reactive ketones (excluding diaryl/α,β-unsaturated/α-hetero) is 1. The van der Waals surface area contributed by atoms with Crippen LogP contribution in [0.25, 0.3) is 0 Å². The van der Waals surface area contributed by atoms with Crippen molar-refractivity contribution < 1.29 is 13.9 Å². The molecule has 0 radical (unpaired) electrons. The van der Waals surface area contributed by atoms with E-state index in [2.05, 4.69) is 0 Å². The topological polar surface area (TPSA) is 29.5 Å². The Morgan fingerprint density at radius 2 is 2.12 bits per heavy atom. The summed E-state index contributed by atoms with van der Waals surface area (Å²) >= 11 is 0. The average Bonchev–Trinajstić information content (AvgIpc) is 3.10. The highest BCUT2D eigenvalue weighted by molar-refractivity contribution is 6.01. The zero-order chi connectivity index (χ0) is 12.6. The second-order valence-electron chi connectivity index (χ2n) is 4.38. The predicted octanol–water partition coefficient (Wildman–Crippen LogP) is 2.64. The molecular weight excluding hydrogens is 221 g/mol. The van der Waals surface area contributed by atoms with Gasteiger partial charge in [0.15, 0.2) is 17.3 Å². The average molecular weight is 237 g/mol. The summed E-state index contributed by atoms with van der Waals surface area (Å²) in [5.41, 5.74) is 1.08. The molecular formula is C13H16FNO2. The van der Waals surface area contributed by atoms with Gasteiger partial charge in [0.25, 0.3) is 0 Å². The van der Waals surface area contributed by atoms with Gasteiger partial charge >= 0.3 is 0 Å². The van der Waals surface area contributed by atoms with Gasteiger partial charge in [-0.15, -0.1) is 0 Å². The van der Waals surface area contributed by atoms with Crippen LogP contribution in [-0.2, 0) is 0 Å². The van der Waals surface area contributed by atoms with Gasteiger partial charge in [-0.05, 0) is 31.9 Å². The van der Waals surface area contributed by atoms with Crippen molar-refractivity contribution in [3.8, 4) is 5.75 Å². The van der Waals surface area contributed by atoms with Gasteiger partial charge in [0.05, 0.1) is 12.8 Å². The van der Waals surface area contributed by atoms with Gasteiger partial charge in [-0.1, -0.05) is 0 Å². The lowest BCUT2D eigenvalue weighted by Gasteiger charge is -2.24. The lowest BCUT2D eigenvalue weighted by Crippen LogP contribution is -2.23. The maximum atomic E-state index is 13.7. The summed E-state index contributed by atoms with van der Waals surface area (Å²) < 4.78 is 18.8. The first-order valence-electron chi connectivity index (χ1n) is 5.66. The van der Waals surface area contributed by atoms with Crippen LogP contribution in [0.15, 0.2) is 12.1 Å². The zero-order valence-electron chi connectivity index (χ0n) is 10.3. The fraction of sp³-hybridized carbons (Fsp3) is 0.462. The van der Waals surface area contributed by atoms with E-state index in [9.17, 15) is 9.18 Å². The molecule has 0 N–H and O–H groups in total. The van der Waals surface area contributed by atoms with Crippen molar-refractivity contribution in [2.24, 2.45) is 0 Å². The molecule has 1 aromatic carbocycles. The minimum absolute atomic E-state index is 0.0780. The van der Waals surface area contributed by atoms with Crippen molar-refractivity contribution in [1.82, 2.24) is 0 Å². The minimum atomic E-state index is -0.431. The van der Waals surface area contributed by atoms with E-state index in [1.165, 1.54) is 26.2 Å². The van der Waals surface area contributed by atoms with Gasteiger partial charge in [0.1, 0.15) is 0 Å². The van der Waals surface area contributed by atoms with E-state index in [4.69, 9.17) is 4.74 Å². The third kappa shape index (κ3) is 2.12. The van der Waals surface area contributed by atoms with Gasteiger partial charge in [-0.25, -0.2) is 4.39 Å². The third-order valence-corrected chi connectivity index (χ3v) is 3.11. The standard InChI is InChI=1S/C13H16FNO2/c1-8(16)10-6-7-11(14)13(17-3)12(10)15(2)9-4-5-9/h6-7,9H,4-5H2,1-3H3. The fourth-order valence-corrected chi connectivity index (χ4v) is 2.02. The summed E-state index contributed by atoms with van der Waals surface area (Å²) in [5, 5.41) is 0. The van der Waals surface area contributed by atoms with Crippen molar-refractivity contribution in [2.45, 2.75) is 25.8 Å². The van der Waals surface area contributed by atoms with Crippen LogP contribution < -0.4 is 9.64 Å². The zero-order valence-corrected chi connectivity index (χ0v) is 10.3. The molecule has 92 valence electrons. The van der Waals surface area contributed by atoms with Crippen molar-refractivity contribution in [2.75, 3.05) is 19.1 Å². The summed E-state index contributed by atoms with van der Waals surface area (Å²) in [6, 6.07) is 3.19. The molecule has 0 bridgehead atoms. The second-order valence-corrected chi connectivity index (χ2v) is 4.38. The Balaban J connectivity index is 2.56. The summed E-state index contributed by atoms with van der Waals surface area (Å²) in [7, 11) is 3.30. The molecule has 2 rings (SSSR count). The fourth-order valence-electron chi connectivity index (χ4n) is 2.02. The maximum absolute atomic E-state index is 13.7. The molecule has 0 heterocycles. The number of halogens is 1. The Bertz CT molecular complexity index is 455. The lowest BCUT2D eigenvalue weighted by atomic mass is 10.1. The molecule has 1 aliphatic carbocycles. The number of carbonyl (C=O) groups excluding carboxylic acids is 1. The lowest BCUT2D eigenvalue weighted by molar-refractivity contribution is 0.101. The SMILES string of the molecule is COc1c(F)ccc(C(C)=O)c1N(C)C1CC1. The van der Waals surface area contributed by atoms with E-state index in [0.717, 1.165) is 12.8 Å². The summed E-state index contributed by atoms with van der Waals surface area (Å²) in [5.74, 6) is -0.349. The molecule has 3 nitrogen and oxygen atoms in total. The first-order valence-corrected chi connectivity index (χ1v) is 5.66. The quantitative estimate of drug-likeness (QED) is 0.754. The van der Waals surface area contributed by atoms with Gasteiger partial charge in [0, 0.05) is 18.7 Å². The predicted molar refractivity (Wildman–Crippen MR) is 64.4 cm³/mol. The highest BCUT2D eigenvalue weighted by Gasteiger charge is 2.31. The van der Waals surface area contributed by atoms with Crippen LogP contribution in [0, 0.1) is 5.82 Å². The van der Waals surface area contributed by atoms with Crippen LogP contribution in [0.2, 0.25) is 0 Å². The number of methoxy groups -OCH3 is 1. The largest absolute Gasteiger partial charge is 0.492 e. The summed E-state index contributed by atoms with van der Waals surface area (Å²) in [4.78, 5) is 13.5. The molecule has 0 unspecified atom stereocenters. The number of nitrogens with zero attached hydrogens (tertiary/aromatic N) is 1. The number of ketones is 1. The van der Waals surface area contributed by atoms with E-state index >= 15 is 0 Å². The molecule has 1 aromatic rings. The number of carbonyl (C=O) groups is 1. The van der Waals surface area contributed by atoms with Gasteiger partial charge in [-0.2, -0.15) is 0 Å². The van der Waals surface area contributed by atoms with Gasteiger partial charge in [-0.3, -0.25) is 4.79 Å². The number of hydrogen-bond acceptors (Lipinski definition) is 3. The molecule has 1 saturated carbocycles. The molecule has 0 saturated heterocycles. The Kier molecular flexibility index (Phi) is 3.05. The second kappa shape index (κ2) is 4.35. The van der Waals surface area contributed by atoms with Crippen LogP contribution in [0.3, 0.4) is 0 Å². The highest BCUT2D eigenvalue weighted by atomic mass is 19.1. The summed E-state index contributed by atoms with van der Waals surface area (Å²) in [6.07, 6.45) is 2.15. The molecule has 0 aliphatic heterocycles. The molecule has 0 spiro atoms. The molecule has 1 fully saturated rings. The van der Waals surface area contributed by atoms with E-state index in [-0.39, 0.29) is 11.5 Å². The molecule has 4 heteroatoms. The molecule has 0 amide bonds. The Morgan fingerprint density at radius 1 is 1.47 bits per heavy atom. The normalized spacial score (nSPS) is 14.6. The van der Waals surface area contributed by atoms with Crippen molar-refractivity contribution >= 4 is 11.5 Å². The van der Waals surface area contributed by atoms with E-state index < -0.39 is 5.82 Å². The van der Waals surface area contributed by atoms with Crippen molar-refractivity contribution in [1.29, 1.82) is 0 Å². The highest BCUT2D eigenvalue weighted by Crippen LogP contribution is 2.39. The number of rotatable bonds is 4. The van der Waals surface area contributed by atoms with Crippen LogP contribution in [0.1, 0.15) is 30.1 Å². The van der Waals surface area contributed by atoms with Gasteiger partial charge in [0.2, 0.25) is 0 Å². The number of benzene rings is 1. The minimum Gasteiger partial charge on any atom is -0.492 e. The van der Waals surface area contributed by atoms with Gasteiger partial charge < -0.3 is 9.64 Å². The smallest absolute Gasteiger partial charge is 0.178 e. The number of hydrogen-bond donors (Lipinski definition) is 0. The van der Waals surface area contributed by atoms with E-state index in [1.54, 1.807) is 0 Å². The first kappa shape index (κ1) is 11.9. The van der Waals surface area contributed by atoms with Crippen molar-refractivity contribution in [3.63, 3.8) is 0 Å². The molecule has 17 heavy (non-hydrogen) atoms. The monoisotopic (exact) mass is 237 g/mol. The first-order chi connectivity index (χ1) is 8.06. The number of ether oxygens (including phenoxy) is 1. The van der Waals surface area contributed by atoms with Crippen molar-refractivity contribution in [3.05, 3.63) is 23.5 Å². The number of anilines is 1. The molecule has 0 aromatic heterocycles. The molecule has 1 aliphatic rings. The third-order valence-electron chi connectivity index (χ3n) is 3.11. The Hall–Kier alpha value is -1.58. The van der Waals surface area contributed by atoms with E-state index in [1.807, 2.05) is 11.9 Å². The Labute approximate surface area is 100 Å². The van der Waals surface area contributed by atoms with E-state index in [0.29, 0.717) is 17.3 Å². The summed E-state index contributed by atoms with van der Waals surface area (Å²) in [6.45, 7) is 1.48. The Morgan fingerprint density at radius 3 is 2.59 bits per heavy atom.